The summed E-state index contributed by atoms with van der Waals surface area (Å²) in [7, 11) is 1.67. The van der Waals surface area contributed by atoms with Crippen LogP contribution in [-0.2, 0) is 59.1 Å². The van der Waals surface area contributed by atoms with Crippen LogP contribution in [0.5, 0.6) is 23.0 Å². The van der Waals surface area contributed by atoms with Crippen LogP contribution in [0.25, 0.3) is 0 Å². The van der Waals surface area contributed by atoms with E-state index >= 15 is 0 Å². The van der Waals surface area contributed by atoms with Gasteiger partial charge in [-0.05, 0) is 102 Å². The third kappa shape index (κ3) is 15.6. The van der Waals surface area contributed by atoms with E-state index in [1.807, 2.05) is 36.4 Å². The number of aryl methyl sites for hydroxylation is 9. The van der Waals surface area contributed by atoms with Gasteiger partial charge in [0.1, 0.15) is 24.7 Å². The van der Waals surface area contributed by atoms with Crippen LogP contribution >= 0.6 is 9.84 Å². The second-order valence-electron chi connectivity index (χ2n) is 14.5. The van der Waals surface area contributed by atoms with Crippen molar-refractivity contribution in [2.75, 3.05) is 0 Å². The van der Waals surface area contributed by atoms with Crippen LogP contribution in [0, 0.1) is 68.4 Å². The summed E-state index contributed by atoms with van der Waals surface area (Å²) in [6.07, 6.45) is 0. The van der Waals surface area contributed by atoms with Gasteiger partial charge in [-0.15, -0.1) is 12.1 Å². The average Bonchev–Trinajstić information content (AvgIpc) is 3.11. The van der Waals surface area contributed by atoms with E-state index in [0.29, 0.717) is 26.4 Å². The van der Waals surface area contributed by atoms with Gasteiger partial charge in [0, 0.05) is 50.3 Å². The van der Waals surface area contributed by atoms with Crippen LogP contribution in [0.3, 0.4) is 0 Å². The van der Waals surface area contributed by atoms with Crippen LogP contribution < -0.4 is 18.9 Å². The van der Waals surface area contributed by atoms with Gasteiger partial charge in [0.15, 0.2) is 0 Å². The summed E-state index contributed by atoms with van der Waals surface area (Å²) in [5.41, 5.74) is 15.9. The standard InChI is InChI=1S/C25H28O2.C24H25O2.H3P.Y/c1-17-6-18(2)9-22(8-17)15-26-24-12-21(5)13-25(14-24)27-16-23-10-19(3)7-20(4)11-23;1-17-8-18(2)11-21(10-17)15-25-23-6-5-7-24(14-23)26-16-22-12-19(3)9-20(4)13-22;;/h6-14H,15-16H2,1-5H3;6-14H,15-16H2,1-4H3;1H3;/q;-1;;/i;;1D;. The number of hydrogen-bond acceptors (Lipinski definition) is 4. The van der Waals surface area contributed by atoms with Crippen molar-refractivity contribution in [2.24, 2.45) is 0 Å². The van der Waals surface area contributed by atoms with E-state index in [2.05, 4.69) is 141 Å². The molecule has 6 aromatic rings. The number of ether oxygens (including phenoxy) is 4. The summed E-state index contributed by atoms with van der Waals surface area (Å²) in [4.78, 5) is 0. The van der Waals surface area contributed by atoms with Crippen molar-refractivity contribution in [2.45, 2.75) is 88.7 Å². The SMILES string of the molecule is Cc1cc(C)cc(COc2c[c-]cc(OCc3cc(C)cc(C)c3)c2)c1.Cc1cc(C)cc(COc2cc(C)cc(OCc3cc(C)cc(C)c3)c2)c1.[2H]P.[Y]. The van der Waals surface area contributed by atoms with E-state index in [9.17, 15) is 0 Å². The molecular weight excluding hydrogens is 772 g/mol. The first-order valence-corrected chi connectivity index (χ1v) is 18.3. The molecule has 0 amide bonds. The Morgan fingerprint density at radius 1 is 0.345 bits per heavy atom. The molecule has 0 fully saturated rings. The van der Waals surface area contributed by atoms with Gasteiger partial charge in [-0.25, -0.2) is 0 Å². The van der Waals surface area contributed by atoms with Gasteiger partial charge in [0.2, 0.25) is 0 Å². The quantitative estimate of drug-likeness (QED) is 0.0909. The summed E-state index contributed by atoms with van der Waals surface area (Å²) < 4.78 is 29.6. The first-order valence-electron chi connectivity index (χ1n) is 18.9. The van der Waals surface area contributed by atoms with Crippen LogP contribution in [0.2, 0.25) is 0 Å². The zero-order chi connectivity index (χ0) is 39.9. The minimum Gasteiger partial charge on any atom is -0.547 e. The molecule has 0 aromatic heterocycles. The molecule has 0 heterocycles. The molecule has 0 N–H and O–H groups in total. The maximum absolute atomic E-state index is 6.03. The molecule has 285 valence electrons. The zero-order valence-corrected chi connectivity index (χ0v) is 38.0. The maximum atomic E-state index is 6.03. The second-order valence-corrected chi connectivity index (χ2v) is 14.5. The zero-order valence-electron chi connectivity index (χ0n) is 35.0. The predicted octanol–water partition coefficient (Wildman–Crippen LogP) is 12.3. The van der Waals surface area contributed by atoms with Crippen LogP contribution in [0.15, 0.2) is 109 Å². The molecule has 6 heteroatoms. The number of hydrogen-bond donors (Lipinski definition) is 0. The van der Waals surface area contributed by atoms with E-state index in [0.717, 1.165) is 28.6 Å². The van der Waals surface area contributed by atoms with Gasteiger partial charge in [-0.1, -0.05) is 123 Å². The average molecular weight is 830 g/mol. The minimum atomic E-state index is 0. The summed E-state index contributed by atoms with van der Waals surface area (Å²) in [6.45, 7) is 21.1. The molecule has 6 aromatic carbocycles. The molecule has 0 saturated heterocycles. The van der Waals surface area contributed by atoms with Gasteiger partial charge in [0.25, 0.3) is 0 Å². The summed E-state index contributed by atoms with van der Waals surface area (Å²) in [6, 6.07) is 40.7. The first-order chi connectivity index (χ1) is 26.3. The van der Waals surface area contributed by atoms with Gasteiger partial charge in [0.05, 0.1) is 14.5 Å². The third-order valence-corrected chi connectivity index (χ3v) is 8.51. The fourth-order valence-corrected chi connectivity index (χ4v) is 6.75. The normalized spacial score (nSPS) is 10.4. The predicted molar refractivity (Wildman–Crippen MR) is 229 cm³/mol. The molecular formula is C49H56O4PY-. The minimum absolute atomic E-state index is 0. The molecule has 1 radical (unpaired) electrons. The van der Waals surface area contributed by atoms with Gasteiger partial charge < -0.3 is 18.9 Å². The van der Waals surface area contributed by atoms with E-state index in [1.54, 1.807) is 9.84 Å². The Bertz CT molecular complexity index is 1940. The Kier molecular flexibility index (Phi) is 17.5. The largest absolute Gasteiger partial charge is 0.547 e. The van der Waals surface area contributed by atoms with Crippen molar-refractivity contribution >= 4 is 9.84 Å². The van der Waals surface area contributed by atoms with Gasteiger partial charge >= 0.3 is 0 Å². The molecule has 0 aliphatic heterocycles. The molecule has 0 spiro atoms. The molecule has 0 bridgehead atoms. The fourth-order valence-electron chi connectivity index (χ4n) is 6.75. The number of rotatable bonds is 12. The second kappa shape index (κ2) is 22.0. The molecule has 4 nitrogen and oxygen atoms in total. The summed E-state index contributed by atoms with van der Waals surface area (Å²) in [5, 5.41) is 0. The van der Waals surface area contributed by atoms with E-state index in [4.69, 9.17) is 20.2 Å². The molecule has 0 saturated carbocycles. The summed E-state index contributed by atoms with van der Waals surface area (Å²) in [5.74, 6) is 3.21. The van der Waals surface area contributed by atoms with Gasteiger partial charge in [-0.2, -0.15) is 15.9 Å². The summed E-state index contributed by atoms with van der Waals surface area (Å²) >= 11 is 0. The van der Waals surface area contributed by atoms with E-state index in [-0.39, 0.29) is 32.7 Å². The third-order valence-electron chi connectivity index (χ3n) is 8.51. The van der Waals surface area contributed by atoms with Crippen LogP contribution in [0.1, 0.15) is 72.3 Å². The van der Waals surface area contributed by atoms with Crippen molar-refractivity contribution in [1.82, 2.24) is 0 Å². The molecule has 1 unspecified atom stereocenters. The maximum Gasteiger partial charge on any atom is 0.123 e. The Hall–Kier alpha value is -3.95. The molecule has 0 aliphatic rings. The molecule has 6 rings (SSSR count). The smallest absolute Gasteiger partial charge is 0.123 e. The Balaban J connectivity index is 0.000000283. The monoisotopic (exact) mass is 829 g/mol. The van der Waals surface area contributed by atoms with Crippen molar-refractivity contribution in [3.63, 3.8) is 0 Å². The van der Waals surface area contributed by atoms with Crippen molar-refractivity contribution < 1.29 is 51.7 Å². The molecule has 55 heavy (non-hydrogen) atoms. The van der Waals surface area contributed by atoms with Crippen LogP contribution in [0.4, 0.5) is 0 Å². The van der Waals surface area contributed by atoms with Crippen molar-refractivity contribution in [1.29, 1.82) is 1.28 Å². The Morgan fingerprint density at radius 3 is 0.836 bits per heavy atom. The van der Waals surface area contributed by atoms with E-state index < -0.39 is 0 Å². The first kappa shape index (κ1) is 43.8. The van der Waals surface area contributed by atoms with Crippen LogP contribution in [-0.4, -0.2) is 1.28 Å². The van der Waals surface area contributed by atoms with E-state index in [1.165, 1.54) is 66.8 Å². The fraction of sp³-hybridized carbons (Fsp3) is 0.265. The molecule has 1 atom stereocenters. The Labute approximate surface area is 359 Å². The van der Waals surface area contributed by atoms with Gasteiger partial charge in [-0.3, -0.25) is 0 Å². The topological polar surface area (TPSA) is 36.9 Å². The van der Waals surface area contributed by atoms with Crippen molar-refractivity contribution in [3.05, 3.63) is 188 Å². The Morgan fingerprint density at radius 2 is 0.564 bits per heavy atom. The number of benzene rings is 6. The molecule has 0 aliphatic carbocycles. The van der Waals surface area contributed by atoms with Crippen molar-refractivity contribution in [3.8, 4) is 23.0 Å².